The first-order valence-corrected chi connectivity index (χ1v) is 6.05. The van der Waals surface area contributed by atoms with Gasteiger partial charge in [0.25, 0.3) is 0 Å². The molecule has 0 aromatic carbocycles. The van der Waals surface area contributed by atoms with E-state index in [9.17, 15) is 0 Å². The number of hydrogen-bond acceptors (Lipinski definition) is 5. The number of furan rings is 1. The molecule has 2 rings (SSSR count). The second-order valence-corrected chi connectivity index (χ2v) is 4.60. The average molecular weight is 237 g/mol. The summed E-state index contributed by atoms with van der Waals surface area (Å²) in [5.74, 6) is 1.73. The second kappa shape index (κ2) is 5.25. The molecule has 4 nitrogen and oxygen atoms in total. The molecule has 0 amide bonds. The SMILES string of the molecule is Cc1nc(CNCc2ccc(CN)o2)cs1. The highest BCUT2D eigenvalue weighted by atomic mass is 32.1. The summed E-state index contributed by atoms with van der Waals surface area (Å²) in [5.41, 5.74) is 6.54. The topological polar surface area (TPSA) is 64.1 Å². The van der Waals surface area contributed by atoms with Crippen LogP contribution in [-0.4, -0.2) is 4.98 Å². The van der Waals surface area contributed by atoms with Crippen molar-refractivity contribution in [3.63, 3.8) is 0 Å². The molecule has 5 heteroatoms. The standard InChI is InChI=1S/C11H15N3OS/c1-8-14-9(7-16-8)5-13-6-11-3-2-10(4-12)15-11/h2-3,7,13H,4-6,12H2,1H3. The lowest BCUT2D eigenvalue weighted by atomic mass is 10.4. The van der Waals surface area contributed by atoms with Crippen molar-refractivity contribution < 1.29 is 4.42 Å². The number of aromatic nitrogens is 1. The summed E-state index contributed by atoms with van der Waals surface area (Å²) in [6.07, 6.45) is 0. The molecule has 0 aliphatic carbocycles. The lowest BCUT2D eigenvalue weighted by Gasteiger charge is -1.99. The zero-order valence-corrected chi connectivity index (χ0v) is 10.0. The molecule has 0 saturated heterocycles. The van der Waals surface area contributed by atoms with Crippen molar-refractivity contribution >= 4 is 11.3 Å². The van der Waals surface area contributed by atoms with E-state index in [-0.39, 0.29) is 0 Å². The van der Waals surface area contributed by atoms with Gasteiger partial charge in [-0.1, -0.05) is 0 Å². The van der Waals surface area contributed by atoms with Gasteiger partial charge in [0.2, 0.25) is 0 Å². The first-order valence-electron chi connectivity index (χ1n) is 5.17. The maximum absolute atomic E-state index is 5.47. The van der Waals surface area contributed by atoms with E-state index in [2.05, 4.69) is 15.7 Å². The van der Waals surface area contributed by atoms with E-state index in [1.54, 1.807) is 11.3 Å². The fraction of sp³-hybridized carbons (Fsp3) is 0.364. The van der Waals surface area contributed by atoms with Gasteiger partial charge >= 0.3 is 0 Å². The molecule has 0 fully saturated rings. The van der Waals surface area contributed by atoms with Crippen LogP contribution in [0.15, 0.2) is 21.9 Å². The monoisotopic (exact) mass is 237 g/mol. The molecule has 0 bridgehead atoms. The van der Waals surface area contributed by atoms with E-state index < -0.39 is 0 Å². The Labute approximate surface area is 98.5 Å². The summed E-state index contributed by atoms with van der Waals surface area (Å²) >= 11 is 1.67. The summed E-state index contributed by atoms with van der Waals surface area (Å²) in [4.78, 5) is 4.37. The van der Waals surface area contributed by atoms with E-state index in [1.807, 2.05) is 19.1 Å². The Morgan fingerprint density at radius 3 is 2.81 bits per heavy atom. The zero-order chi connectivity index (χ0) is 11.4. The molecule has 0 aliphatic heterocycles. The van der Waals surface area contributed by atoms with Crippen molar-refractivity contribution in [3.05, 3.63) is 39.7 Å². The smallest absolute Gasteiger partial charge is 0.118 e. The summed E-state index contributed by atoms with van der Waals surface area (Å²) in [5, 5.41) is 6.44. The van der Waals surface area contributed by atoms with Crippen LogP contribution in [0.5, 0.6) is 0 Å². The molecule has 2 heterocycles. The highest BCUT2D eigenvalue weighted by Gasteiger charge is 2.01. The number of rotatable bonds is 5. The fourth-order valence-electron chi connectivity index (χ4n) is 1.43. The average Bonchev–Trinajstić information content (AvgIpc) is 2.88. The Bertz CT molecular complexity index is 450. The third kappa shape index (κ3) is 2.91. The molecular weight excluding hydrogens is 222 g/mol. The highest BCUT2D eigenvalue weighted by Crippen LogP contribution is 2.09. The van der Waals surface area contributed by atoms with Crippen LogP contribution < -0.4 is 11.1 Å². The van der Waals surface area contributed by atoms with Gasteiger partial charge in [0, 0.05) is 11.9 Å². The van der Waals surface area contributed by atoms with Crippen LogP contribution in [0.4, 0.5) is 0 Å². The first-order chi connectivity index (χ1) is 7.78. The van der Waals surface area contributed by atoms with Crippen LogP contribution >= 0.6 is 11.3 Å². The van der Waals surface area contributed by atoms with Crippen molar-refractivity contribution in [3.8, 4) is 0 Å². The van der Waals surface area contributed by atoms with E-state index in [1.165, 1.54) is 0 Å². The fourth-order valence-corrected chi connectivity index (χ4v) is 2.04. The Morgan fingerprint density at radius 2 is 2.19 bits per heavy atom. The van der Waals surface area contributed by atoms with Gasteiger partial charge in [-0.05, 0) is 19.1 Å². The van der Waals surface area contributed by atoms with Crippen LogP contribution in [0.3, 0.4) is 0 Å². The van der Waals surface area contributed by atoms with E-state index in [0.29, 0.717) is 13.1 Å². The van der Waals surface area contributed by atoms with Crippen molar-refractivity contribution in [2.45, 2.75) is 26.6 Å². The predicted molar refractivity (Wildman–Crippen MR) is 64.0 cm³/mol. The Morgan fingerprint density at radius 1 is 1.38 bits per heavy atom. The molecule has 0 unspecified atom stereocenters. The number of nitrogens with zero attached hydrogens (tertiary/aromatic N) is 1. The summed E-state index contributed by atoms with van der Waals surface area (Å²) in [6, 6.07) is 3.85. The van der Waals surface area contributed by atoms with Crippen molar-refractivity contribution in [2.24, 2.45) is 5.73 Å². The quantitative estimate of drug-likeness (QED) is 0.832. The van der Waals surface area contributed by atoms with Crippen molar-refractivity contribution in [1.82, 2.24) is 10.3 Å². The molecule has 0 aliphatic rings. The van der Waals surface area contributed by atoms with E-state index >= 15 is 0 Å². The minimum absolute atomic E-state index is 0.450. The van der Waals surface area contributed by atoms with E-state index in [4.69, 9.17) is 10.2 Å². The summed E-state index contributed by atoms with van der Waals surface area (Å²) < 4.78 is 5.47. The molecule has 2 aromatic heterocycles. The maximum atomic E-state index is 5.47. The van der Waals surface area contributed by atoms with Gasteiger partial charge in [-0.25, -0.2) is 4.98 Å². The van der Waals surface area contributed by atoms with Gasteiger partial charge in [-0.2, -0.15) is 0 Å². The maximum Gasteiger partial charge on any atom is 0.118 e. The van der Waals surface area contributed by atoms with Crippen LogP contribution in [0.1, 0.15) is 22.2 Å². The minimum Gasteiger partial charge on any atom is -0.463 e. The van der Waals surface area contributed by atoms with Gasteiger partial charge in [0.1, 0.15) is 11.5 Å². The van der Waals surface area contributed by atoms with Crippen molar-refractivity contribution in [1.29, 1.82) is 0 Å². The number of thiazole rings is 1. The number of aryl methyl sites for hydroxylation is 1. The number of hydrogen-bond donors (Lipinski definition) is 2. The number of nitrogens with one attached hydrogen (secondary N) is 1. The molecular formula is C11H15N3OS. The molecule has 0 radical (unpaired) electrons. The van der Waals surface area contributed by atoms with Gasteiger partial charge in [-0.15, -0.1) is 11.3 Å². The molecule has 0 spiro atoms. The third-order valence-electron chi connectivity index (χ3n) is 2.19. The molecule has 0 saturated carbocycles. The normalized spacial score (nSPS) is 10.9. The molecule has 0 atom stereocenters. The Hall–Kier alpha value is -1.17. The second-order valence-electron chi connectivity index (χ2n) is 3.53. The lowest BCUT2D eigenvalue weighted by Crippen LogP contribution is -2.12. The predicted octanol–water partition coefficient (Wildman–Crippen LogP) is 1.79. The van der Waals surface area contributed by atoms with Gasteiger partial charge in [-0.3, -0.25) is 0 Å². The molecule has 2 aromatic rings. The third-order valence-corrected chi connectivity index (χ3v) is 3.01. The van der Waals surface area contributed by atoms with E-state index in [0.717, 1.165) is 28.8 Å². The van der Waals surface area contributed by atoms with Gasteiger partial charge in [0.05, 0.1) is 23.8 Å². The Balaban J connectivity index is 1.79. The molecule has 86 valence electrons. The van der Waals surface area contributed by atoms with Crippen molar-refractivity contribution in [2.75, 3.05) is 0 Å². The molecule has 16 heavy (non-hydrogen) atoms. The largest absolute Gasteiger partial charge is 0.463 e. The zero-order valence-electron chi connectivity index (χ0n) is 9.19. The lowest BCUT2D eigenvalue weighted by molar-refractivity contribution is 0.447. The first kappa shape index (κ1) is 11.3. The Kier molecular flexibility index (Phi) is 3.71. The van der Waals surface area contributed by atoms with Crippen LogP contribution in [-0.2, 0) is 19.6 Å². The number of nitrogens with two attached hydrogens (primary N) is 1. The van der Waals surface area contributed by atoms with Crippen LogP contribution in [0.25, 0.3) is 0 Å². The van der Waals surface area contributed by atoms with Gasteiger partial charge in [0.15, 0.2) is 0 Å². The molecule has 3 N–H and O–H groups in total. The van der Waals surface area contributed by atoms with Crippen LogP contribution in [0, 0.1) is 6.92 Å². The summed E-state index contributed by atoms with van der Waals surface area (Å²) in [6.45, 7) is 3.93. The summed E-state index contributed by atoms with van der Waals surface area (Å²) in [7, 11) is 0. The minimum atomic E-state index is 0.450. The van der Waals surface area contributed by atoms with Gasteiger partial charge < -0.3 is 15.5 Å². The highest BCUT2D eigenvalue weighted by molar-refractivity contribution is 7.09. The van der Waals surface area contributed by atoms with Crippen LogP contribution in [0.2, 0.25) is 0 Å².